The SMILES string of the molecule is Cc1ccc(OCCN2CCN(c3nnc(C)c4ccccc34)CC2)nn1. The second-order valence-corrected chi connectivity index (χ2v) is 6.84. The molecule has 1 fully saturated rings. The number of hydrogen-bond donors (Lipinski definition) is 0. The lowest BCUT2D eigenvalue weighted by Crippen LogP contribution is -2.48. The van der Waals surface area contributed by atoms with Crippen LogP contribution in [0.4, 0.5) is 5.82 Å². The van der Waals surface area contributed by atoms with Gasteiger partial charge in [-0.3, -0.25) is 4.90 Å². The number of hydrogen-bond acceptors (Lipinski definition) is 7. The van der Waals surface area contributed by atoms with E-state index < -0.39 is 0 Å². The zero-order valence-corrected chi connectivity index (χ0v) is 15.8. The molecular weight excluding hydrogens is 340 g/mol. The highest BCUT2D eigenvalue weighted by molar-refractivity contribution is 5.93. The van der Waals surface area contributed by atoms with Crippen molar-refractivity contribution in [2.75, 3.05) is 44.2 Å². The topological polar surface area (TPSA) is 67.3 Å². The fourth-order valence-electron chi connectivity index (χ4n) is 3.38. The lowest BCUT2D eigenvalue weighted by Gasteiger charge is -2.35. The smallest absolute Gasteiger partial charge is 0.233 e. The quantitative estimate of drug-likeness (QED) is 0.688. The van der Waals surface area contributed by atoms with Crippen molar-refractivity contribution in [1.82, 2.24) is 25.3 Å². The number of ether oxygens (including phenoxy) is 1. The molecule has 2 aromatic heterocycles. The summed E-state index contributed by atoms with van der Waals surface area (Å²) in [5, 5.41) is 19.2. The first kappa shape index (κ1) is 17.6. The van der Waals surface area contributed by atoms with E-state index >= 15 is 0 Å². The summed E-state index contributed by atoms with van der Waals surface area (Å²) >= 11 is 0. The molecular formula is C20H24N6O. The molecule has 1 aliphatic heterocycles. The van der Waals surface area contributed by atoms with Crippen LogP contribution in [0.5, 0.6) is 5.88 Å². The average molecular weight is 364 g/mol. The number of fused-ring (bicyclic) bond motifs is 1. The van der Waals surface area contributed by atoms with Gasteiger partial charge in [0.05, 0.1) is 11.4 Å². The summed E-state index contributed by atoms with van der Waals surface area (Å²) < 4.78 is 5.69. The Hall–Kier alpha value is -2.80. The zero-order valence-electron chi connectivity index (χ0n) is 15.8. The van der Waals surface area contributed by atoms with Crippen LogP contribution >= 0.6 is 0 Å². The van der Waals surface area contributed by atoms with E-state index in [9.17, 15) is 0 Å². The van der Waals surface area contributed by atoms with Crippen LogP contribution in [0.1, 0.15) is 11.4 Å². The van der Waals surface area contributed by atoms with Crippen LogP contribution in [0.15, 0.2) is 36.4 Å². The van der Waals surface area contributed by atoms with E-state index in [-0.39, 0.29) is 0 Å². The Morgan fingerprint density at radius 1 is 0.852 bits per heavy atom. The minimum absolute atomic E-state index is 0.584. The highest BCUT2D eigenvalue weighted by Gasteiger charge is 2.20. The highest BCUT2D eigenvalue weighted by atomic mass is 16.5. The number of aromatic nitrogens is 4. The minimum Gasteiger partial charge on any atom is -0.475 e. The van der Waals surface area contributed by atoms with Gasteiger partial charge in [-0.15, -0.1) is 10.2 Å². The number of benzene rings is 1. The monoisotopic (exact) mass is 364 g/mol. The molecule has 0 N–H and O–H groups in total. The fourth-order valence-corrected chi connectivity index (χ4v) is 3.38. The molecule has 1 saturated heterocycles. The Kier molecular flexibility index (Phi) is 5.11. The van der Waals surface area contributed by atoms with Crippen molar-refractivity contribution in [2.45, 2.75) is 13.8 Å². The number of nitrogens with zero attached hydrogens (tertiary/aromatic N) is 6. The number of aryl methyl sites for hydroxylation is 2. The maximum Gasteiger partial charge on any atom is 0.233 e. The standard InChI is InChI=1S/C20H24N6O/c1-15-7-8-19(23-21-15)27-14-13-25-9-11-26(12-10-25)20-18-6-4-3-5-17(18)16(2)22-24-20/h3-8H,9-14H2,1-2H3. The molecule has 0 radical (unpaired) electrons. The largest absolute Gasteiger partial charge is 0.475 e. The normalized spacial score (nSPS) is 15.3. The third kappa shape index (κ3) is 3.98. The third-order valence-corrected chi connectivity index (χ3v) is 4.96. The number of piperazine rings is 1. The van der Waals surface area contributed by atoms with Crippen LogP contribution in [0, 0.1) is 13.8 Å². The first-order chi connectivity index (χ1) is 13.2. The molecule has 0 amide bonds. The van der Waals surface area contributed by atoms with Crippen molar-refractivity contribution in [1.29, 1.82) is 0 Å². The van der Waals surface area contributed by atoms with Gasteiger partial charge in [0.25, 0.3) is 0 Å². The Morgan fingerprint density at radius 2 is 1.63 bits per heavy atom. The van der Waals surface area contributed by atoms with E-state index in [1.54, 1.807) is 0 Å². The molecule has 0 spiro atoms. The van der Waals surface area contributed by atoms with Crippen molar-refractivity contribution < 1.29 is 4.74 Å². The predicted octanol–water partition coefficient (Wildman–Crippen LogP) is 2.24. The Labute approximate surface area is 159 Å². The lowest BCUT2D eigenvalue weighted by atomic mass is 10.1. The van der Waals surface area contributed by atoms with Crippen LogP contribution in [-0.4, -0.2) is 64.6 Å². The van der Waals surface area contributed by atoms with Gasteiger partial charge < -0.3 is 9.64 Å². The van der Waals surface area contributed by atoms with Gasteiger partial charge in [-0.05, 0) is 19.9 Å². The zero-order chi connectivity index (χ0) is 18.6. The van der Waals surface area contributed by atoms with Gasteiger partial charge in [0, 0.05) is 49.6 Å². The molecule has 4 rings (SSSR count). The van der Waals surface area contributed by atoms with Gasteiger partial charge in [-0.25, -0.2) is 0 Å². The molecule has 0 unspecified atom stereocenters. The van der Waals surface area contributed by atoms with Gasteiger partial charge in [-0.1, -0.05) is 24.3 Å². The first-order valence-corrected chi connectivity index (χ1v) is 9.33. The van der Waals surface area contributed by atoms with Crippen LogP contribution in [0.25, 0.3) is 10.8 Å². The van der Waals surface area contributed by atoms with Gasteiger partial charge >= 0.3 is 0 Å². The second kappa shape index (κ2) is 7.84. The third-order valence-electron chi connectivity index (χ3n) is 4.96. The van der Waals surface area contributed by atoms with E-state index in [4.69, 9.17) is 4.74 Å². The molecule has 3 aromatic rings. The Balaban J connectivity index is 1.33. The van der Waals surface area contributed by atoms with E-state index in [0.717, 1.165) is 49.9 Å². The van der Waals surface area contributed by atoms with Crippen LogP contribution in [0.3, 0.4) is 0 Å². The molecule has 27 heavy (non-hydrogen) atoms. The summed E-state index contributed by atoms with van der Waals surface area (Å²) in [6, 6.07) is 12.1. The summed E-state index contributed by atoms with van der Waals surface area (Å²) in [4.78, 5) is 4.74. The number of anilines is 1. The predicted molar refractivity (Wildman–Crippen MR) is 105 cm³/mol. The van der Waals surface area contributed by atoms with Crippen molar-refractivity contribution >= 4 is 16.6 Å². The summed E-state index contributed by atoms with van der Waals surface area (Å²) in [6.45, 7) is 9.25. The highest BCUT2D eigenvalue weighted by Crippen LogP contribution is 2.26. The van der Waals surface area contributed by atoms with Gasteiger partial charge in [-0.2, -0.15) is 10.2 Å². The molecule has 1 aliphatic rings. The van der Waals surface area contributed by atoms with Gasteiger partial charge in [0.1, 0.15) is 6.61 Å². The van der Waals surface area contributed by atoms with Gasteiger partial charge in [0.2, 0.25) is 5.88 Å². The molecule has 7 heteroatoms. The average Bonchev–Trinajstić information content (AvgIpc) is 2.71. The van der Waals surface area contributed by atoms with Crippen LogP contribution in [0.2, 0.25) is 0 Å². The molecule has 7 nitrogen and oxygen atoms in total. The maximum absolute atomic E-state index is 5.69. The van der Waals surface area contributed by atoms with Gasteiger partial charge in [0.15, 0.2) is 5.82 Å². The van der Waals surface area contributed by atoms with Crippen molar-refractivity contribution in [3.05, 3.63) is 47.8 Å². The van der Waals surface area contributed by atoms with E-state index in [2.05, 4.69) is 54.5 Å². The fraction of sp³-hybridized carbons (Fsp3) is 0.400. The summed E-state index contributed by atoms with van der Waals surface area (Å²) in [6.07, 6.45) is 0. The molecule has 0 bridgehead atoms. The van der Waals surface area contributed by atoms with Crippen molar-refractivity contribution in [3.8, 4) is 5.88 Å². The van der Waals surface area contributed by atoms with Crippen LogP contribution in [-0.2, 0) is 0 Å². The molecule has 0 atom stereocenters. The Bertz CT molecular complexity index is 906. The molecule has 0 aliphatic carbocycles. The summed E-state index contributed by atoms with van der Waals surface area (Å²) in [5.41, 5.74) is 1.87. The number of rotatable bonds is 5. The summed E-state index contributed by atoms with van der Waals surface area (Å²) in [7, 11) is 0. The maximum atomic E-state index is 5.69. The van der Waals surface area contributed by atoms with Crippen molar-refractivity contribution in [3.63, 3.8) is 0 Å². The molecule has 1 aromatic carbocycles. The lowest BCUT2D eigenvalue weighted by molar-refractivity contribution is 0.196. The van der Waals surface area contributed by atoms with Crippen LogP contribution < -0.4 is 9.64 Å². The minimum atomic E-state index is 0.584. The second-order valence-electron chi connectivity index (χ2n) is 6.84. The van der Waals surface area contributed by atoms with E-state index in [1.807, 2.05) is 26.0 Å². The first-order valence-electron chi connectivity index (χ1n) is 9.33. The van der Waals surface area contributed by atoms with Crippen molar-refractivity contribution in [2.24, 2.45) is 0 Å². The molecule has 0 saturated carbocycles. The molecule has 3 heterocycles. The van der Waals surface area contributed by atoms with E-state index in [1.165, 1.54) is 10.8 Å². The van der Waals surface area contributed by atoms with E-state index in [0.29, 0.717) is 12.5 Å². The molecule has 140 valence electrons. The Morgan fingerprint density at radius 3 is 2.37 bits per heavy atom. The summed E-state index contributed by atoms with van der Waals surface area (Å²) in [5.74, 6) is 1.57.